The summed E-state index contributed by atoms with van der Waals surface area (Å²) in [7, 11) is 3.91. The number of likely N-dealkylation sites (tertiary alicyclic amines) is 1. The summed E-state index contributed by atoms with van der Waals surface area (Å²) in [4.78, 5) is 30.5. The van der Waals surface area contributed by atoms with E-state index in [1.807, 2.05) is 62.3 Å². The van der Waals surface area contributed by atoms with E-state index in [9.17, 15) is 14.7 Å². The molecule has 2 heterocycles. The summed E-state index contributed by atoms with van der Waals surface area (Å²) < 4.78 is 23.3. The molecule has 2 aliphatic heterocycles. The Kier molecular flexibility index (Phi) is 8.97. The Hall–Kier alpha value is -4.50. The number of ketones is 1. The predicted molar refractivity (Wildman–Crippen MR) is 158 cm³/mol. The number of Topliss-reactive ketones (excluding diaryl/α,β-unsaturated/α-hetero) is 1. The van der Waals surface area contributed by atoms with Gasteiger partial charge in [-0.25, -0.2) is 0 Å². The molecule has 0 spiro atoms. The minimum Gasteiger partial charge on any atom is -0.507 e. The van der Waals surface area contributed by atoms with E-state index in [1.165, 1.54) is 4.90 Å². The van der Waals surface area contributed by atoms with Gasteiger partial charge in [-0.2, -0.15) is 0 Å². The minimum absolute atomic E-state index is 0.0157. The fourth-order valence-corrected chi connectivity index (χ4v) is 5.18. The van der Waals surface area contributed by atoms with Gasteiger partial charge in [0.25, 0.3) is 11.7 Å². The van der Waals surface area contributed by atoms with Gasteiger partial charge in [0.05, 0.1) is 18.2 Å². The Morgan fingerprint density at radius 1 is 0.952 bits per heavy atom. The summed E-state index contributed by atoms with van der Waals surface area (Å²) in [6.45, 7) is 4.51. The predicted octanol–water partition coefficient (Wildman–Crippen LogP) is 4.81. The number of hydrogen-bond acceptors (Lipinski definition) is 8. The number of nitrogens with zero attached hydrogens (tertiary/aromatic N) is 2. The molecule has 1 N–H and O–H groups in total. The highest BCUT2D eigenvalue weighted by molar-refractivity contribution is 6.46. The zero-order chi connectivity index (χ0) is 29.6. The number of amides is 1. The fourth-order valence-electron chi connectivity index (χ4n) is 5.18. The molecule has 0 radical (unpaired) electrons. The van der Waals surface area contributed by atoms with Crippen molar-refractivity contribution >= 4 is 17.4 Å². The molecule has 3 aromatic rings. The Morgan fingerprint density at radius 2 is 1.71 bits per heavy atom. The third-order valence-corrected chi connectivity index (χ3v) is 7.18. The van der Waals surface area contributed by atoms with E-state index in [2.05, 4.69) is 0 Å². The number of aliphatic hydroxyl groups excluding tert-OH is 1. The molecule has 3 aromatic carbocycles. The van der Waals surface area contributed by atoms with Gasteiger partial charge < -0.3 is 33.9 Å². The largest absolute Gasteiger partial charge is 0.507 e. The Bertz CT molecular complexity index is 1470. The second kappa shape index (κ2) is 13.0. The van der Waals surface area contributed by atoms with Crippen molar-refractivity contribution in [3.8, 4) is 23.0 Å². The summed E-state index contributed by atoms with van der Waals surface area (Å²) in [5.41, 5.74) is 2.02. The maximum atomic E-state index is 13.5. The average Bonchev–Trinajstić information content (AvgIpc) is 3.25. The third kappa shape index (κ3) is 6.21. The lowest BCUT2D eigenvalue weighted by Crippen LogP contribution is -2.32. The van der Waals surface area contributed by atoms with Gasteiger partial charge in [0.15, 0.2) is 23.0 Å². The van der Waals surface area contributed by atoms with Crippen molar-refractivity contribution in [1.82, 2.24) is 9.80 Å². The monoisotopic (exact) mass is 572 g/mol. The average molecular weight is 573 g/mol. The Labute approximate surface area is 245 Å². The van der Waals surface area contributed by atoms with Gasteiger partial charge in [-0.3, -0.25) is 9.59 Å². The summed E-state index contributed by atoms with van der Waals surface area (Å²) in [5.74, 6) is 0.407. The highest BCUT2D eigenvalue weighted by Crippen LogP contribution is 2.43. The first-order valence-corrected chi connectivity index (χ1v) is 14.1. The molecule has 0 saturated carbocycles. The summed E-state index contributed by atoms with van der Waals surface area (Å²) in [5, 5.41) is 11.5. The SMILES string of the molecule is CCOc1cc([C@@H]2/C(=C(\O)c3ccc4c(c3)OCCO4)C(=O)C(=O)N2CCCN(C)C)ccc1OCc1ccccc1. The van der Waals surface area contributed by atoms with Crippen molar-refractivity contribution in [2.24, 2.45) is 0 Å². The van der Waals surface area contributed by atoms with Crippen LogP contribution in [0.3, 0.4) is 0 Å². The van der Waals surface area contributed by atoms with Crippen molar-refractivity contribution < 1.29 is 33.6 Å². The molecule has 2 aliphatic rings. The van der Waals surface area contributed by atoms with Crippen LogP contribution in [0.2, 0.25) is 0 Å². The second-order valence-electron chi connectivity index (χ2n) is 10.4. The van der Waals surface area contributed by atoms with E-state index in [1.54, 1.807) is 30.3 Å². The van der Waals surface area contributed by atoms with Crippen LogP contribution in [0.1, 0.15) is 36.1 Å². The number of aliphatic hydroxyl groups is 1. The minimum atomic E-state index is -0.817. The number of hydrogen-bond donors (Lipinski definition) is 1. The van der Waals surface area contributed by atoms with Crippen molar-refractivity contribution in [1.29, 1.82) is 0 Å². The van der Waals surface area contributed by atoms with Gasteiger partial charge in [0.1, 0.15) is 25.6 Å². The number of benzene rings is 3. The molecule has 0 aromatic heterocycles. The van der Waals surface area contributed by atoms with Crippen LogP contribution in [-0.2, 0) is 16.2 Å². The molecule has 1 saturated heterocycles. The highest BCUT2D eigenvalue weighted by Gasteiger charge is 2.46. The lowest BCUT2D eigenvalue weighted by atomic mass is 9.94. The molecule has 220 valence electrons. The van der Waals surface area contributed by atoms with E-state index in [-0.39, 0.29) is 11.3 Å². The van der Waals surface area contributed by atoms with Gasteiger partial charge in [-0.1, -0.05) is 36.4 Å². The molecule has 5 rings (SSSR count). The van der Waals surface area contributed by atoms with Crippen LogP contribution < -0.4 is 18.9 Å². The van der Waals surface area contributed by atoms with Crippen LogP contribution in [0.4, 0.5) is 0 Å². The van der Waals surface area contributed by atoms with Crippen molar-refractivity contribution in [2.75, 3.05) is 47.0 Å². The van der Waals surface area contributed by atoms with Crippen LogP contribution in [0.5, 0.6) is 23.0 Å². The zero-order valence-electron chi connectivity index (χ0n) is 24.2. The topological polar surface area (TPSA) is 97.8 Å². The Morgan fingerprint density at radius 3 is 2.45 bits per heavy atom. The van der Waals surface area contributed by atoms with Crippen LogP contribution in [-0.4, -0.2) is 73.6 Å². The summed E-state index contributed by atoms with van der Waals surface area (Å²) in [6, 6.07) is 19.4. The quantitative estimate of drug-likeness (QED) is 0.199. The number of fused-ring (bicyclic) bond motifs is 1. The van der Waals surface area contributed by atoms with Crippen LogP contribution >= 0.6 is 0 Å². The highest BCUT2D eigenvalue weighted by atomic mass is 16.6. The van der Waals surface area contributed by atoms with E-state index in [0.29, 0.717) is 73.5 Å². The molecule has 9 heteroatoms. The van der Waals surface area contributed by atoms with Crippen molar-refractivity contribution in [3.63, 3.8) is 0 Å². The van der Waals surface area contributed by atoms with E-state index < -0.39 is 17.7 Å². The molecule has 1 amide bonds. The first-order valence-electron chi connectivity index (χ1n) is 14.1. The molecule has 0 aliphatic carbocycles. The maximum Gasteiger partial charge on any atom is 0.295 e. The van der Waals surface area contributed by atoms with E-state index >= 15 is 0 Å². The first kappa shape index (κ1) is 29.0. The summed E-state index contributed by atoms with van der Waals surface area (Å²) in [6.07, 6.45) is 0.650. The van der Waals surface area contributed by atoms with Gasteiger partial charge in [0, 0.05) is 12.1 Å². The van der Waals surface area contributed by atoms with Crippen molar-refractivity contribution in [2.45, 2.75) is 26.0 Å². The van der Waals surface area contributed by atoms with Crippen LogP contribution in [0, 0.1) is 0 Å². The van der Waals surface area contributed by atoms with Crippen LogP contribution in [0.25, 0.3) is 5.76 Å². The molecule has 1 atom stereocenters. The standard InChI is InChI=1S/C33H36N2O7/c1-4-39-27-19-23(11-13-26(27)42-21-22-9-6-5-7-10-22)30-29(32(37)33(38)35(30)16-8-15-34(2)3)31(36)24-12-14-25-28(20-24)41-18-17-40-25/h5-7,9-14,19-20,30,36H,4,8,15-18,21H2,1-3H3/b31-29+/t30-/m1/s1. The fraction of sp³-hybridized carbons (Fsp3) is 0.333. The number of ether oxygens (including phenoxy) is 4. The normalized spacial score (nSPS) is 17.5. The number of carbonyl (C=O) groups is 2. The molecule has 9 nitrogen and oxygen atoms in total. The smallest absolute Gasteiger partial charge is 0.295 e. The van der Waals surface area contributed by atoms with Gasteiger partial charge in [-0.05, 0) is 75.4 Å². The lowest BCUT2D eigenvalue weighted by molar-refractivity contribution is -0.139. The van der Waals surface area contributed by atoms with Gasteiger partial charge in [-0.15, -0.1) is 0 Å². The molecular weight excluding hydrogens is 536 g/mol. The van der Waals surface area contributed by atoms with E-state index in [0.717, 1.165) is 12.1 Å². The Balaban J connectivity index is 1.55. The van der Waals surface area contributed by atoms with Crippen LogP contribution in [0.15, 0.2) is 72.3 Å². The molecule has 1 fully saturated rings. The molecule has 0 bridgehead atoms. The van der Waals surface area contributed by atoms with Gasteiger partial charge >= 0.3 is 0 Å². The number of carbonyl (C=O) groups excluding carboxylic acids is 2. The number of rotatable bonds is 11. The molecule has 0 unspecified atom stereocenters. The molecular formula is C33H36N2O7. The third-order valence-electron chi connectivity index (χ3n) is 7.18. The first-order chi connectivity index (χ1) is 20.4. The zero-order valence-corrected chi connectivity index (χ0v) is 24.2. The summed E-state index contributed by atoms with van der Waals surface area (Å²) >= 11 is 0. The maximum absolute atomic E-state index is 13.5. The molecule has 42 heavy (non-hydrogen) atoms. The lowest BCUT2D eigenvalue weighted by Gasteiger charge is -2.27. The van der Waals surface area contributed by atoms with Gasteiger partial charge in [0.2, 0.25) is 0 Å². The second-order valence-corrected chi connectivity index (χ2v) is 10.4. The van der Waals surface area contributed by atoms with E-state index in [4.69, 9.17) is 18.9 Å². The van der Waals surface area contributed by atoms with Crippen molar-refractivity contribution in [3.05, 3.63) is 89.0 Å².